The van der Waals surface area contributed by atoms with Crippen LogP contribution in [0, 0.1) is 5.92 Å². The summed E-state index contributed by atoms with van der Waals surface area (Å²) in [5, 5.41) is 3.11. The van der Waals surface area contributed by atoms with Crippen molar-refractivity contribution in [1.29, 1.82) is 0 Å². The van der Waals surface area contributed by atoms with Gasteiger partial charge in [0.2, 0.25) is 11.8 Å². The minimum absolute atomic E-state index is 0.000826. The Labute approximate surface area is 182 Å². The van der Waals surface area contributed by atoms with Crippen molar-refractivity contribution in [3.63, 3.8) is 0 Å². The number of pyridine rings is 1. The molecule has 4 rings (SSSR count). The Kier molecular flexibility index (Phi) is 6.30. The molecule has 162 valence electrons. The normalized spacial score (nSPS) is 20.5. The molecule has 2 fully saturated rings. The van der Waals surface area contributed by atoms with Crippen LogP contribution in [-0.2, 0) is 9.59 Å². The van der Waals surface area contributed by atoms with Crippen LogP contribution in [0.2, 0.25) is 0 Å². The first-order chi connectivity index (χ1) is 15.0. The summed E-state index contributed by atoms with van der Waals surface area (Å²) in [6.07, 6.45) is 4.92. The van der Waals surface area contributed by atoms with Crippen LogP contribution in [0.3, 0.4) is 0 Å². The fourth-order valence-electron chi connectivity index (χ4n) is 4.42. The van der Waals surface area contributed by atoms with E-state index in [1.807, 2.05) is 42.2 Å². The highest BCUT2D eigenvalue weighted by Crippen LogP contribution is 2.28. The van der Waals surface area contributed by atoms with Gasteiger partial charge in [-0.05, 0) is 37.5 Å². The quantitative estimate of drug-likeness (QED) is 0.805. The van der Waals surface area contributed by atoms with Gasteiger partial charge in [-0.15, -0.1) is 0 Å². The molecule has 1 N–H and O–H groups in total. The van der Waals surface area contributed by atoms with Gasteiger partial charge in [0.1, 0.15) is 0 Å². The zero-order chi connectivity index (χ0) is 21.8. The first kappa shape index (κ1) is 21.0. The van der Waals surface area contributed by atoms with Crippen LogP contribution in [0.1, 0.15) is 48.1 Å². The van der Waals surface area contributed by atoms with E-state index in [2.05, 4.69) is 10.3 Å². The van der Waals surface area contributed by atoms with Crippen LogP contribution in [0.4, 0.5) is 0 Å². The highest BCUT2D eigenvalue weighted by atomic mass is 16.2. The second kappa shape index (κ2) is 9.29. The van der Waals surface area contributed by atoms with Gasteiger partial charge in [-0.25, -0.2) is 0 Å². The van der Waals surface area contributed by atoms with Crippen LogP contribution in [-0.4, -0.2) is 58.2 Å². The van der Waals surface area contributed by atoms with Crippen molar-refractivity contribution in [2.45, 2.75) is 38.3 Å². The SMILES string of the molecule is CC(c1ccccc1)N1CC(C(=O)NC2CCN(C(=O)c3ccncc3)CC2)CC1=O. The molecule has 1 aromatic heterocycles. The van der Waals surface area contributed by atoms with E-state index in [9.17, 15) is 14.4 Å². The molecule has 1 aromatic carbocycles. The molecule has 2 unspecified atom stereocenters. The summed E-state index contributed by atoms with van der Waals surface area (Å²) in [4.78, 5) is 45.5. The largest absolute Gasteiger partial charge is 0.353 e. The molecule has 31 heavy (non-hydrogen) atoms. The molecule has 0 spiro atoms. The maximum absolute atomic E-state index is 12.8. The van der Waals surface area contributed by atoms with E-state index in [4.69, 9.17) is 0 Å². The van der Waals surface area contributed by atoms with Crippen molar-refractivity contribution in [3.05, 3.63) is 66.0 Å². The van der Waals surface area contributed by atoms with Crippen molar-refractivity contribution < 1.29 is 14.4 Å². The number of amides is 3. The van der Waals surface area contributed by atoms with Crippen LogP contribution in [0.15, 0.2) is 54.9 Å². The Morgan fingerprint density at radius 3 is 2.42 bits per heavy atom. The monoisotopic (exact) mass is 420 g/mol. The number of carbonyl (C=O) groups excluding carboxylic acids is 3. The average molecular weight is 421 g/mol. The molecule has 2 aliphatic heterocycles. The number of hydrogen-bond donors (Lipinski definition) is 1. The van der Waals surface area contributed by atoms with Crippen molar-refractivity contribution >= 4 is 17.7 Å². The van der Waals surface area contributed by atoms with Crippen LogP contribution in [0.25, 0.3) is 0 Å². The van der Waals surface area contributed by atoms with Crippen molar-refractivity contribution in [1.82, 2.24) is 20.1 Å². The number of carbonyl (C=O) groups is 3. The molecular formula is C24H28N4O3. The van der Waals surface area contributed by atoms with E-state index in [0.29, 0.717) is 38.0 Å². The van der Waals surface area contributed by atoms with Gasteiger partial charge in [0.25, 0.3) is 5.91 Å². The van der Waals surface area contributed by atoms with Crippen molar-refractivity contribution in [3.8, 4) is 0 Å². The number of nitrogens with one attached hydrogen (secondary N) is 1. The maximum Gasteiger partial charge on any atom is 0.253 e. The summed E-state index contributed by atoms with van der Waals surface area (Å²) < 4.78 is 0. The summed E-state index contributed by atoms with van der Waals surface area (Å²) in [6.45, 7) is 3.66. The molecule has 7 heteroatoms. The second-order valence-corrected chi connectivity index (χ2v) is 8.34. The second-order valence-electron chi connectivity index (χ2n) is 8.34. The molecule has 7 nitrogen and oxygen atoms in total. The van der Waals surface area contributed by atoms with Gasteiger partial charge >= 0.3 is 0 Å². The van der Waals surface area contributed by atoms with Crippen molar-refractivity contribution in [2.24, 2.45) is 5.92 Å². The van der Waals surface area contributed by atoms with E-state index in [0.717, 1.165) is 5.56 Å². The highest BCUT2D eigenvalue weighted by molar-refractivity contribution is 5.94. The van der Waals surface area contributed by atoms with E-state index < -0.39 is 0 Å². The Hall–Kier alpha value is -3.22. The van der Waals surface area contributed by atoms with Gasteiger partial charge in [-0.1, -0.05) is 30.3 Å². The van der Waals surface area contributed by atoms with Gasteiger partial charge in [-0.2, -0.15) is 0 Å². The fraction of sp³-hybridized carbons (Fsp3) is 0.417. The molecule has 2 saturated heterocycles. The van der Waals surface area contributed by atoms with Crippen molar-refractivity contribution in [2.75, 3.05) is 19.6 Å². The van der Waals surface area contributed by atoms with Gasteiger partial charge in [0.05, 0.1) is 12.0 Å². The number of aromatic nitrogens is 1. The number of piperidine rings is 1. The van der Waals surface area contributed by atoms with E-state index in [-0.39, 0.29) is 42.1 Å². The standard InChI is InChI=1S/C24H28N4O3/c1-17(18-5-3-2-4-6-18)28-16-20(15-22(28)29)23(30)26-21-9-13-27(14-10-21)24(31)19-7-11-25-12-8-19/h2-8,11-12,17,20-21H,9-10,13-16H2,1H3,(H,26,30). The summed E-state index contributed by atoms with van der Waals surface area (Å²) >= 11 is 0. The molecule has 0 bridgehead atoms. The summed E-state index contributed by atoms with van der Waals surface area (Å²) in [7, 11) is 0. The molecule has 0 saturated carbocycles. The zero-order valence-electron chi connectivity index (χ0n) is 17.7. The lowest BCUT2D eigenvalue weighted by Gasteiger charge is -2.33. The lowest BCUT2D eigenvalue weighted by molar-refractivity contribution is -0.130. The van der Waals surface area contributed by atoms with Crippen LogP contribution < -0.4 is 5.32 Å². The fourth-order valence-corrected chi connectivity index (χ4v) is 4.42. The predicted molar refractivity (Wildman–Crippen MR) is 116 cm³/mol. The molecular weight excluding hydrogens is 392 g/mol. The van der Waals surface area contributed by atoms with E-state index in [1.54, 1.807) is 29.4 Å². The molecule has 2 aliphatic rings. The number of nitrogens with zero attached hydrogens (tertiary/aromatic N) is 3. The summed E-state index contributed by atoms with van der Waals surface area (Å²) in [6, 6.07) is 13.3. The van der Waals surface area contributed by atoms with Gasteiger partial charge < -0.3 is 15.1 Å². The van der Waals surface area contributed by atoms with Gasteiger partial charge in [0, 0.05) is 50.1 Å². The minimum atomic E-state index is -0.324. The Morgan fingerprint density at radius 1 is 1.06 bits per heavy atom. The van der Waals surface area contributed by atoms with Crippen LogP contribution >= 0.6 is 0 Å². The summed E-state index contributed by atoms with van der Waals surface area (Å²) in [5.74, 6) is -0.362. The van der Waals surface area contributed by atoms with Gasteiger partial charge in [-0.3, -0.25) is 19.4 Å². The van der Waals surface area contributed by atoms with E-state index in [1.165, 1.54) is 0 Å². The molecule has 0 aliphatic carbocycles. The number of benzene rings is 1. The summed E-state index contributed by atoms with van der Waals surface area (Å²) in [5.41, 5.74) is 1.71. The first-order valence-corrected chi connectivity index (χ1v) is 10.9. The lowest BCUT2D eigenvalue weighted by atomic mass is 10.0. The number of rotatable bonds is 5. The molecule has 0 radical (unpaired) electrons. The Balaban J connectivity index is 1.28. The first-order valence-electron chi connectivity index (χ1n) is 10.9. The molecule has 3 heterocycles. The highest BCUT2D eigenvalue weighted by Gasteiger charge is 2.38. The zero-order valence-corrected chi connectivity index (χ0v) is 17.7. The Bertz CT molecular complexity index is 926. The molecule has 2 aromatic rings. The lowest BCUT2D eigenvalue weighted by Crippen LogP contribution is -2.48. The third-order valence-corrected chi connectivity index (χ3v) is 6.33. The predicted octanol–water partition coefficient (Wildman–Crippen LogP) is 2.41. The smallest absolute Gasteiger partial charge is 0.253 e. The maximum atomic E-state index is 12.8. The molecule has 2 atom stereocenters. The van der Waals surface area contributed by atoms with Gasteiger partial charge in [0.15, 0.2) is 0 Å². The topological polar surface area (TPSA) is 82.6 Å². The average Bonchev–Trinajstić information content (AvgIpc) is 3.21. The molecule has 3 amide bonds. The third-order valence-electron chi connectivity index (χ3n) is 6.33. The third kappa shape index (κ3) is 4.76. The number of likely N-dealkylation sites (tertiary alicyclic amines) is 2. The van der Waals surface area contributed by atoms with E-state index >= 15 is 0 Å². The minimum Gasteiger partial charge on any atom is -0.353 e. The Morgan fingerprint density at radius 2 is 1.74 bits per heavy atom. The van der Waals surface area contributed by atoms with Crippen LogP contribution in [0.5, 0.6) is 0 Å². The number of hydrogen-bond acceptors (Lipinski definition) is 4.